The predicted octanol–water partition coefficient (Wildman–Crippen LogP) is 2.76. The second-order valence-electron chi connectivity index (χ2n) is 8.48. The molecule has 0 unspecified atom stereocenters. The van der Waals surface area contributed by atoms with Crippen molar-refractivity contribution in [3.63, 3.8) is 0 Å². The lowest BCUT2D eigenvalue weighted by molar-refractivity contribution is 0.0343. The highest BCUT2D eigenvalue weighted by Gasteiger charge is 2.20. The van der Waals surface area contributed by atoms with Crippen LogP contribution in [0.5, 0.6) is 0 Å². The molecule has 0 bridgehead atoms. The van der Waals surface area contributed by atoms with Crippen LogP contribution < -0.4 is 10.6 Å². The van der Waals surface area contributed by atoms with E-state index in [0.717, 1.165) is 73.1 Å². The van der Waals surface area contributed by atoms with Crippen LogP contribution in [0.3, 0.4) is 0 Å². The molecule has 0 aliphatic carbocycles. The standard InChI is InChI=1S/C24H25FN6O2/c1-16-12-18(23(32)28(2)25)5-6-20(16)30-10-8-29(9-11-30)15-17-13-19-22(26-14-17)21-4-3-7-31(21)24(33)27-19/h3-7,12-14H,8-11,15H2,1-2H3,(H,27,33). The fourth-order valence-electron chi connectivity index (χ4n) is 4.55. The van der Waals surface area contributed by atoms with Gasteiger partial charge in [0.25, 0.3) is 5.91 Å². The zero-order valence-electron chi connectivity index (χ0n) is 18.6. The summed E-state index contributed by atoms with van der Waals surface area (Å²) in [7, 11) is 1.11. The van der Waals surface area contributed by atoms with Crippen molar-refractivity contribution >= 4 is 28.1 Å². The van der Waals surface area contributed by atoms with E-state index in [1.54, 1.807) is 22.7 Å². The molecule has 170 valence electrons. The summed E-state index contributed by atoms with van der Waals surface area (Å²) in [6, 6.07) is 11.0. The Morgan fingerprint density at radius 1 is 1.18 bits per heavy atom. The van der Waals surface area contributed by atoms with E-state index in [-0.39, 0.29) is 10.8 Å². The number of hydrogen-bond acceptors (Lipinski definition) is 5. The number of pyridine rings is 1. The monoisotopic (exact) mass is 448 g/mol. The van der Waals surface area contributed by atoms with Crippen LogP contribution in [-0.2, 0) is 6.54 Å². The van der Waals surface area contributed by atoms with E-state index in [1.165, 1.54) is 0 Å². The number of nitrogens with zero attached hydrogens (tertiary/aromatic N) is 5. The summed E-state index contributed by atoms with van der Waals surface area (Å²) in [6.45, 7) is 6.14. The molecule has 1 fully saturated rings. The van der Waals surface area contributed by atoms with E-state index in [4.69, 9.17) is 0 Å². The van der Waals surface area contributed by atoms with Gasteiger partial charge < -0.3 is 9.88 Å². The van der Waals surface area contributed by atoms with Crippen molar-refractivity contribution in [2.24, 2.45) is 0 Å². The van der Waals surface area contributed by atoms with E-state index in [0.29, 0.717) is 5.56 Å². The highest BCUT2D eigenvalue weighted by atomic mass is 19.2. The third-order valence-electron chi connectivity index (χ3n) is 6.24. The molecule has 5 rings (SSSR count). The van der Waals surface area contributed by atoms with Gasteiger partial charge in [-0.05, 0) is 54.4 Å². The van der Waals surface area contributed by atoms with Crippen molar-refractivity contribution in [3.05, 3.63) is 76.0 Å². The number of amides is 1. The minimum Gasteiger partial charge on any atom is -0.369 e. The Bertz CT molecular complexity index is 1400. The summed E-state index contributed by atoms with van der Waals surface area (Å²) in [6.07, 6.45) is 3.61. The van der Waals surface area contributed by atoms with Gasteiger partial charge in [-0.2, -0.15) is 5.12 Å². The third kappa shape index (κ3) is 3.95. The lowest BCUT2D eigenvalue weighted by Gasteiger charge is -2.37. The van der Waals surface area contributed by atoms with E-state index in [9.17, 15) is 14.1 Å². The Hall–Kier alpha value is -3.72. The molecule has 1 saturated heterocycles. The van der Waals surface area contributed by atoms with Crippen molar-refractivity contribution in [2.45, 2.75) is 13.5 Å². The topological polar surface area (TPSA) is 77.0 Å². The number of carbonyl (C=O) groups is 1. The lowest BCUT2D eigenvalue weighted by Crippen LogP contribution is -2.46. The number of nitrogens with one attached hydrogen (secondary N) is 1. The Balaban J connectivity index is 1.27. The fraction of sp³-hybridized carbons (Fsp3) is 0.292. The number of rotatable bonds is 4. The van der Waals surface area contributed by atoms with Crippen LogP contribution in [0.25, 0.3) is 16.6 Å². The average Bonchev–Trinajstić information content (AvgIpc) is 3.30. The first kappa shape index (κ1) is 21.1. The van der Waals surface area contributed by atoms with Crippen LogP contribution in [0.4, 0.5) is 10.2 Å². The second kappa shape index (κ2) is 8.32. The van der Waals surface area contributed by atoms with Gasteiger partial charge in [0.05, 0.1) is 11.0 Å². The number of benzene rings is 1. The number of H-pyrrole nitrogens is 1. The maximum absolute atomic E-state index is 13.2. The summed E-state index contributed by atoms with van der Waals surface area (Å²) in [4.78, 5) is 36.3. The maximum atomic E-state index is 13.2. The Morgan fingerprint density at radius 3 is 2.70 bits per heavy atom. The van der Waals surface area contributed by atoms with Gasteiger partial charge in [-0.15, -0.1) is 0 Å². The summed E-state index contributed by atoms with van der Waals surface area (Å²) < 4.78 is 14.8. The zero-order chi connectivity index (χ0) is 23.1. The molecule has 1 N–H and O–H groups in total. The maximum Gasteiger partial charge on any atom is 0.330 e. The van der Waals surface area contributed by atoms with Crippen molar-refractivity contribution in [3.8, 4) is 0 Å². The van der Waals surface area contributed by atoms with Gasteiger partial charge in [-0.3, -0.25) is 19.1 Å². The van der Waals surface area contributed by atoms with Gasteiger partial charge in [0.2, 0.25) is 0 Å². The smallest absolute Gasteiger partial charge is 0.330 e. The molecule has 4 heterocycles. The summed E-state index contributed by atoms with van der Waals surface area (Å²) in [5.74, 6) is -0.641. The first-order valence-corrected chi connectivity index (χ1v) is 10.9. The van der Waals surface area contributed by atoms with Gasteiger partial charge in [0.1, 0.15) is 5.52 Å². The summed E-state index contributed by atoms with van der Waals surface area (Å²) >= 11 is 0. The SMILES string of the molecule is Cc1cc(C(=O)N(C)F)ccc1N1CCN(Cc2cnc3c(c2)[nH]c(=O)n2cccc32)CC1. The Kier molecular flexibility index (Phi) is 5.33. The minimum absolute atomic E-state index is 0.103. The van der Waals surface area contributed by atoms with Crippen LogP contribution >= 0.6 is 0 Å². The molecule has 3 aromatic heterocycles. The number of anilines is 1. The molecular weight excluding hydrogens is 423 g/mol. The quantitative estimate of drug-likeness (QED) is 0.486. The second-order valence-corrected chi connectivity index (χ2v) is 8.48. The van der Waals surface area contributed by atoms with Crippen LogP contribution in [0.1, 0.15) is 21.5 Å². The number of carbonyl (C=O) groups excluding carboxylic acids is 1. The van der Waals surface area contributed by atoms with Gasteiger partial charge in [-0.1, -0.05) is 4.48 Å². The molecule has 1 aromatic carbocycles. The van der Waals surface area contributed by atoms with E-state index in [1.807, 2.05) is 37.4 Å². The number of aromatic amines is 1. The molecule has 9 heteroatoms. The highest BCUT2D eigenvalue weighted by molar-refractivity contribution is 5.94. The molecule has 1 aliphatic heterocycles. The molecule has 1 amide bonds. The van der Waals surface area contributed by atoms with Crippen LogP contribution in [0.15, 0.2) is 53.6 Å². The van der Waals surface area contributed by atoms with Crippen molar-refractivity contribution < 1.29 is 9.28 Å². The zero-order valence-corrected chi connectivity index (χ0v) is 18.6. The largest absolute Gasteiger partial charge is 0.369 e. The molecule has 0 atom stereocenters. The fourth-order valence-corrected chi connectivity index (χ4v) is 4.55. The lowest BCUT2D eigenvalue weighted by atomic mass is 10.1. The predicted molar refractivity (Wildman–Crippen MR) is 125 cm³/mol. The highest BCUT2D eigenvalue weighted by Crippen LogP contribution is 2.24. The Labute approximate surface area is 189 Å². The number of aryl methyl sites for hydroxylation is 1. The Morgan fingerprint density at radius 2 is 1.97 bits per heavy atom. The van der Waals surface area contributed by atoms with E-state index < -0.39 is 5.91 Å². The van der Waals surface area contributed by atoms with Crippen LogP contribution in [0, 0.1) is 6.92 Å². The third-order valence-corrected chi connectivity index (χ3v) is 6.24. The molecule has 33 heavy (non-hydrogen) atoms. The average molecular weight is 449 g/mol. The molecule has 4 aromatic rings. The first-order valence-electron chi connectivity index (χ1n) is 10.9. The molecule has 0 spiro atoms. The van der Waals surface area contributed by atoms with E-state index >= 15 is 0 Å². The van der Waals surface area contributed by atoms with E-state index in [2.05, 4.69) is 19.8 Å². The summed E-state index contributed by atoms with van der Waals surface area (Å²) in [5, 5.41) is 0.103. The first-order chi connectivity index (χ1) is 15.9. The molecule has 1 aliphatic rings. The normalized spacial score (nSPS) is 14.8. The van der Waals surface area contributed by atoms with Gasteiger partial charge in [0.15, 0.2) is 0 Å². The van der Waals surface area contributed by atoms with Crippen LogP contribution in [0.2, 0.25) is 0 Å². The van der Waals surface area contributed by atoms with Crippen molar-refractivity contribution in [1.29, 1.82) is 0 Å². The minimum atomic E-state index is -0.641. The molecular formula is C24H25FN6O2. The molecule has 8 nitrogen and oxygen atoms in total. The van der Waals surface area contributed by atoms with Gasteiger partial charge in [0, 0.05) is 63.4 Å². The number of fused-ring (bicyclic) bond motifs is 3. The molecule has 0 radical (unpaired) electrons. The van der Waals surface area contributed by atoms with Gasteiger partial charge in [-0.25, -0.2) is 4.79 Å². The van der Waals surface area contributed by atoms with Gasteiger partial charge >= 0.3 is 5.69 Å². The van der Waals surface area contributed by atoms with Crippen molar-refractivity contribution in [1.82, 2.24) is 24.4 Å². The number of piperazine rings is 1. The number of halogens is 1. The van der Waals surface area contributed by atoms with Crippen LogP contribution in [-0.4, -0.2) is 63.5 Å². The number of hydrogen-bond donors (Lipinski definition) is 1. The number of aromatic nitrogens is 3. The summed E-state index contributed by atoms with van der Waals surface area (Å²) in [5.41, 5.74) is 5.57. The molecule has 0 saturated carbocycles. The van der Waals surface area contributed by atoms with Crippen molar-refractivity contribution in [2.75, 3.05) is 38.1 Å².